The van der Waals surface area contributed by atoms with Crippen LogP contribution in [0.4, 0.5) is 10.1 Å². The second kappa shape index (κ2) is 12.0. The minimum Gasteiger partial charge on any atom is -0.493 e. The van der Waals surface area contributed by atoms with E-state index in [0.717, 1.165) is 16.1 Å². The van der Waals surface area contributed by atoms with Gasteiger partial charge in [-0.3, -0.25) is 9.10 Å². The van der Waals surface area contributed by atoms with Crippen molar-refractivity contribution in [2.75, 3.05) is 39.0 Å². The van der Waals surface area contributed by atoms with Gasteiger partial charge in [0.1, 0.15) is 5.82 Å². The van der Waals surface area contributed by atoms with Crippen molar-refractivity contribution in [2.24, 2.45) is 0 Å². The van der Waals surface area contributed by atoms with Gasteiger partial charge in [-0.25, -0.2) is 12.8 Å². The zero-order valence-corrected chi connectivity index (χ0v) is 22.9. The first-order chi connectivity index (χ1) is 18.0. The number of methoxy groups -OCH3 is 4. The molecule has 0 spiro atoms. The van der Waals surface area contributed by atoms with Gasteiger partial charge in [-0.05, 0) is 36.8 Å². The summed E-state index contributed by atoms with van der Waals surface area (Å²) in [5.74, 6) is 0.300. The second-order valence-corrected chi connectivity index (χ2v) is 10.3. The van der Waals surface area contributed by atoms with Gasteiger partial charge in [0.25, 0.3) is 5.91 Å². The Balaban J connectivity index is 2.08. The highest BCUT2D eigenvalue weighted by Crippen LogP contribution is 2.37. The Morgan fingerprint density at radius 1 is 0.895 bits per heavy atom. The smallest absolute Gasteiger partial charge is 0.254 e. The van der Waals surface area contributed by atoms with Gasteiger partial charge in [0.05, 0.1) is 58.5 Å². The van der Waals surface area contributed by atoms with E-state index in [1.807, 2.05) is 0 Å². The van der Waals surface area contributed by atoms with Crippen molar-refractivity contribution in [1.29, 1.82) is 0 Å². The number of rotatable bonds is 11. The van der Waals surface area contributed by atoms with E-state index in [9.17, 15) is 17.6 Å². The van der Waals surface area contributed by atoms with Gasteiger partial charge in [0.15, 0.2) is 23.0 Å². The van der Waals surface area contributed by atoms with Gasteiger partial charge in [-0.1, -0.05) is 24.3 Å². The summed E-state index contributed by atoms with van der Waals surface area (Å²) in [6.45, 7) is 1.43. The molecule has 204 valence electrons. The fraction of sp³-hybridized carbons (Fsp3) is 0.296. The number of sulfonamides is 1. The topological polar surface area (TPSA) is 103 Å². The summed E-state index contributed by atoms with van der Waals surface area (Å²) in [6, 6.07) is 13.3. The molecule has 3 aromatic carbocycles. The number of hydrogen-bond acceptors (Lipinski definition) is 7. The first kappa shape index (κ1) is 28.6. The summed E-state index contributed by atoms with van der Waals surface area (Å²) in [6.07, 6.45) is 0.985. The third-order valence-electron chi connectivity index (χ3n) is 5.94. The molecule has 11 heteroatoms. The Labute approximate surface area is 222 Å². The van der Waals surface area contributed by atoms with Crippen LogP contribution in [0.25, 0.3) is 0 Å². The molecular formula is C27H31FN2O7S. The molecular weight excluding hydrogens is 515 g/mol. The van der Waals surface area contributed by atoms with Crippen LogP contribution in [0.1, 0.15) is 34.5 Å². The first-order valence-electron chi connectivity index (χ1n) is 11.5. The number of amides is 1. The van der Waals surface area contributed by atoms with Crippen molar-refractivity contribution in [3.63, 3.8) is 0 Å². The Morgan fingerprint density at radius 3 is 2.05 bits per heavy atom. The predicted octanol–water partition coefficient (Wildman–Crippen LogP) is 4.32. The van der Waals surface area contributed by atoms with Crippen LogP contribution in [0.2, 0.25) is 0 Å². The number of ether oxygens (including phenoxy) is 4. The third kappa shape index (κ3) is 6.28. The molecule has 1 amide bonds. The van der Waals surface area contributed by atoms with Crippen LogP contribution in [-0.4, -0.2) is 49.0 Å². The lowest BCUT2D eigenvalue weighted by molar-refractivity contribution is 0.0940. The summed E-state index contributed by atoms with van der Waals surface area (Å²) < 4.78 is 62.7. The van der Waals surface area contributed by atoms with E-state index in [-0.39, 0.29) is 34.9 Å². The molecule has 1 atom stereocenters. The van der Waals surface area contributed by atoms with E-state index in [0.29, 0.717) is 11.5 Å². The fourth-order valence-corrected chi connectivity index (χ4v) is 4.78. The largest absolute Gasteiger partial charge is 0.493 e. The molecule has 0 radical (unpaired) electrons. The van der Waals surface area contributed by atoms with E-state index in [4.69, 9.17) is 18.9 Å². The molecule has 0 aliphatic carbocycles. The lowest BCUT2D eigenvalue weighted by Gasteiger charge is -2.27. The fourth-order valence-electron chi connectivity index (χ4n) is 3.90. The number of nitrogens with zero attached hydrogens (tertiary/aromatic N) is 1. The van der Waals surface area contributed by atoms with Crippen LogP contribution < -0.4 is 28.6 Å². The number of anilines is 1. The molecule has 0 fully saturated rings. The summed E-state index contributed by atoms with van der Waals surface area (Å²) >= 11 is 0. The minimum atomic E-state index is -3.97. The molecule has 0 bridgehead atoms. The average molecular weight is 547 g/mol. The average Bonchev–Trinajstić information content (AvgIpc) is 2.90. The highest BCUT2D eigenvalue weighted by Gasteiger charge is 2.28. The zero-order valence-electron chi connectivity index (χ0n) is 22.1. The molecule has 3 aromatic rings. The minimum absolute atomic E-state index is 0.00302. The number of carbonyl (C=O) groups excluding carboxylic acids is 1. The number of benzene rings is 3. The van der Waals surface area contributed by atoms with Gasteiger partial charge >= 0.3 is 0 Å². The maximum Gasteiger partial charge on any atom is 0.254 e. The van der Waals surface area contributed by atoms with Crippen molar-refractivity contribution in [3.05, 3.63) is 77.1 Å². The third-order valence-corrected chi connectivity index (χ3v) is 7.07. The molecule has 0 saturated heterocycles. The Hall–Kier alpha value is -3.99. The normalized spacial score (nSPS) is 11.9. The first-order valence-corrected chi connectivity index (χ1v) is 13.4. The van der Waals surface area contributed by atoms with Gasteiger partial charge in [-0.2, -0.15) is 0 Å². The van der Waals surface area contributed by atoms with Crippen LogP contribution in [0.3, 0.4) is 0 Å². The predicted molar refractivity (Wildman–Crippen MR) is 142 cm³/mol. The Bertz CT molecular complexity index is 1410. The Morgan fingerprint density at radius 2 is 1.47 bits per heavy atom. The van der Waals surface area contributed by atoms with E-state index >= 15 is 0 Å². The molecule has 0 saturated carbocycles. The summed E-state index contributed by atoms with van der Waals surface area (Å²) in [7, 11) is 1.86. The van der Waals surface area contributed by atoms with E-state index in [2.05, 4.69) is 5.32 Å². The standard InChI is InChI=1S/C27H31FN2O7S/c1-17(18-11-12-23(34-2)24(13-18)35-3)29-27(31)20-14-25(36-4)26(37-5)15-22(20)30(38(6,32)33)16-19-9-7-8-10-21(19)28/h7-15,17H,16H2,1-6H3,(H,29,31)/t17-/m1/s1. The number of carbonyl (C=O) groups is 1. The monoisotopic (exact) mass is 546 g/mol. The van der Waals surface area contributed by atoms with Crippen LogP contribution in [0.15, 0.2) is 54.6 Å². The lowest BCUT2D eigenvalue weighted by Crippen LogP contribution is -2.33. The second-order valence-electron chi connectivity index (χ2n) is 8.39. The summed E-state index contributed by atoms with van der Waals surface area (Å²) in [4.78, 5) is 13.6. The van der Waals surface area contributed by atoms with Gasteiger partial charge in [0, 0.05) is 11.6 Å². The summed E-state index contributed by atoms with van der Waals surface area (Å²) in [5.41, 5.74) is 0.865. The lowest BCUT2D eigenvalue weighted by atomic mass is 10.1. The quantitative estimate of drug-likeness (QED) is 0.382. The van der Waals surface area contributed by atoms with Crippen molar-refractivity contribution in [1.82, 2.24) is 5.32 Å². The van der Waals surface area contributed by atoms with Gasteiger partial charge in [0.2, 0.25) is 10.0 Å². The van der Waals surface area contributed by atoms with Crippen LogP contribution in [0.5, 0.6) is 23.0 Å². The maximum absolute atomic E-state index is 14.5. The molecule has 9 nitrogen and oxygen atoms in total. The van der Waals surface area contributed by atoms with E-state index in [1.54, 1.807) is 31.2 Å². The molecule has 0 heterocycles. The van der Waals surface area contributed by atoms with E-state index in [1.165, 1.54) is 58.8 Å². The molecule has 38 heavy (non-hydrogen) atoms. The van der Waals surface area contributed by atoms with Crippen LogP contribution >= 0.6 is 0 Å². The number of hydrogen-bond donors (Lipinski definition) is 1. The molecule has 0 unspecified atom stereocenters. The van der Waals surface area contributed by atoms with Crippen molar-refractivity contribution >= 4 is 21.6 Å². The molecule has 0 aliphatic heterocycles. The highest BCUT2D eigenvalue weighted by molar-refractivity contribution is 7.92. The number of halogens is 1. The van der Waals surface area contributed by atoms with Crippen LogP contribution in [0, 0.1) is 5.82 Å². The Kier molecular flexibility index (Phi) is 9.05. The van der Waals surface area contributed by atoms with E-state index < -0.39 is 27.8 Å². The zero-order chi connectivity index (χ0) is 28.0. The highest BCUT2D eigenvalue weighted by atomic mass is 32.2. The van der Waals surface area contributed by atoms with Crippen molar-refractivity contribution in [3.8, 4) is 23.0 Å². The van der Waals surface area contributed by atoms with Crippen molar-refractivity contribution < 1.29 is 36.6 Å². The molecule has 1 N–H and O–H groups in total. The SMILES string of the molecule is COc1ccc([C@@H](C)NC(=O)c2cc(OC)c(OC)cc2N(Cc2ccccc2F)S(C)(=O)=O)cc1OC. The van der Waals surface area contributed by atoms with Crippen molar-refractivity contribution in [2.45, 2.75) is 19.5 Å². The molecule has 0 aliphatic rings. The summed E-state index contributed by atoms with van der Waals surface area (Å²) in [5, 5.41) is 2.88. The van der Waals surface area contributed by atoms with Gasteiger partial charge in [-0.15, -0.1) is 0 Å². The van der Waals surface area contributed by atoms with Crippen LogP contribution in [-0.2, 0) is 16.6 Å². The van der Waals surface area contributed by atoms with Gasteiger partial charge < -0.3 is 24.3 Å². The number of nitrogens with one attached hydrogen (secondary N) is 1. The molecule has 0 aromatic heterocycles. The maximum atomic E-state index is 14.5. The molecule has 3 rings (SSSR count).